The van der Waals surface area contributed by atoms with Crippen LogP contribution in [0.15, 0.2) is 24.3 Å². The number of β-amino-alcohol motifs (C(OH)–C–C–N with tert-alkyl or cyclic N) is 1. The van der Waals surface area contributed by atoms with Gasteiger partial charge in [0.25, 0.3) is 0 Å². The Morgan fingerprint density at radius 1 is 1.48 bits per heavy atom. The summed E-state index contributed by atoms with van der Waals surface area (Å²) in [6.45, 7) is 4.23. The van der Waals surface area contributed by atoms with Crippen molar-refractivity contribution in [3.63, 3.8) is 0 Å². The lowest BCUT2D eigenvalue weighted by Gasteiger charge is -2.14. The number of aryl methyl sites for hydroxylation is 1. The van der Waals surface area contributed by atoms with Crippen molar-refractivity contribution in [3.05, 3.63) is 29.8 Å². The van der Waals surface area contributed by atoms with E-state index in [1.165, 1.54) is 0 Å². The first-order valence-corrected chi connectivity index (χ1v) is 7.00. The van der Waals surface area contributed by atoms with Crippen molar-refractivity contribution in [2.24, 2.45) is 5.92 Å². The molecule has 2 rings (SSSR count). The highest BCUT2D eigenvalue weighted by Crippen LogP contribution is 2.12. The Hall–Kier alpha value is -1.30. The van der Waals surface area contributed by atoms with Crippen molar-refractivity contribution < 1.29 is 14.6 Å². The number of carbonyl (C=O) groups is 1. The third kappa shape index (κ3) is 5.91. The van der Waals surface area contributed by atoms with Gasteiger partial charge < -0.3 is 20.5 Å². The van der Waals surface area contributed by atoms with Gasteiger partial charge in [0.2, 0.25) is 5.91 Å². The fourth-order valence-corrected chi connectivity index (χ4v) is 2.23. The van der Waals surface area contributed by atoms with Gasteiger partial charge >= 0.3 is 0 Å². The van der Waals surface area contributed by atoms with E-state index in [0.717, 1.165) is 17.9 Å². The van der Waals surface area contributed by atoms with Gasteiger partial charge in [0.1, 0.15) is 5.75 Å². The number of aliphatic hydroxyl groups excluding tert-OH is 1. The summed E-state index contributed by atoms with van der Waals surface area (Å²) in [5, 5.41) is 15.5. The van der Waals surface area contributed by atoms with Gasteiger partial charge in [-0.2, -0.15) is 0 Å². The lowest BCUT2D eigenvalue weighted by Crippen LogP contribution is -2.34. The zero-order valence-corrected chi connectivity index (χ0v) is 13.0. The maximum absolute atomic E-state index is 11.7. The molecule has 0 spiro atoms. The third-order valence-corrected chi connectivity index (χ3v) is 3.45. The SMILES string of the molecule is Cc1cccc(OCCC(=O)NCC2CNCC2O)c1.Cl. The minimum atomic E-state index is -0.362. The molecule has 3 N–H and O–H groups in total. The lowest BCUT2D eigenvalue weighted by molar-refractivity contribution is -0.121. The number of aliphatic hydroxyl groups is 1. The van der Waals surface area contributed by atoms with E-state index in [0.29, 0.717) is 26.1 Å². The van der Waals surface area contributed by atoms with Gasteiger partial charge in [0.05, 0.1) is 19.1 Å². The Balaban J connectivity index is 0.00000220. The van der Waals surface area contributed by atoms with Crippen LogP contribution in [0.2, 0.25) is 0 Å². The highest BCUT2D eigenvalue weighted by molar-refractivity contribution is 5.85. The number of nitrogens with one attached hydrogen (secondary N) is 2. The number of hydrogen-bond donors (Lipinski definition) is 3. The molecule has 2 unspecified atom stereocenters. The maximum Gasteiger partial charge on any atom is 0.223 e. The Labute approximate surface area is 131 Å². The summed E-state index contributed by atoms with van der Waals surface area (Å²) in [6, 6.07) is 7.75. The molecular formula is C15H23ClN2O3. The van der Waals surface area contributed by atoms with Crippen LogP contribution in [0, 0.1) is 12.8 Å². The molecule has 1 fully saturated rings. The van der Waals surface area contributed by atoms with Gasteiger partial charge in [-0.15, -0.1) is 12.4 Å². The van der Waals surface area contributed by atoms with Crippen molar-refractivity contribution >= 4 is 18.3 Å². The molecule has 1 heterocycles. The Morgan fingerprint density at radius 3 is 2.95 bits per heavy atom. The van der Waals surface area contributed by atoms with Gasteiger partial charge in [-0.05, 0) is 24.6 Å². The van der Waals surface area contributed by atoms with E-state index < -0.39 is 0 Å². The zero-order valence-electron chi connectivity index (χ0n) is 12.2. The van der Waals surface area contributed by atoms with Gasteiger partial charge in [-0.1, -0.05) is 12.1 Å². The molecule has 118 valence electrons. The first-order chi connectivity index (χ1) is 9.65. The van der Waals surface area contributed by atoms with E-state index in [2.05, 4.69) is 10.6 Å². The number of benzene rings is 1. The van der Waals surface area contributed by atoms with E-state index in [1.807, 2.05) is 31.2 Å². The summed E-state index contributed by atoms with van der Waals surface area (Å²) in [6.07, 6.45) is -0.0386. The van der Waals surface area contributed by atoms with E-state index in [-0.39, 0.29) is 30.3 Å². The highest BCUT2D eigenvalue weighted by atomic mass is 35.5. The molecule has 1 amide bonds. The highest BCUT2D eigenvalue weighted by Gasteiger charge is 2.24. The van der Waals surface area contributed by atoms with Crippen molar-refractivity contribution in [1.82, 2.24) is 10.6 Å². The molecule has 1 aromatic rings. The largest absolute Gasteiger partial charge is 0.493 e. The van der Waals surface area contributed by atoms with Crippen LogP contribution in [0.1, 0.15) is 12.0 Å². The summed E-state index contributed by atoms with van der Waals surface area (Å²) in [5.74, 6) is 0.849. The minimum Gasteiger partial charge on any atom is -0.493 e. The summed E-state index contributed by atoms with van der Waals surface area (Å²) in [4.78, 5) is 11.7. The third-order valence-electron chi connectivity index (χ3n) is 3.45. The minimum absolute atomic E-state index is 0. The predicted molar refractivity (Wildman–Crippen MR) is 83.9 cm³/mol. The molecule has 2 atom stereocenters. The fraction of sp³-hybridized carbons (Fsp3) is 0.533. The van der Waals surface area contributed by atoms with Gasteiger partial charge in [0, 0.05) is 25.6 Å². The molecule has 6 heteroatoms. The molecule has 1 aliphatic heterocycles. The van der Waals surface area contributed by atoms with Gasteiger partial charge in [-0.3, -0.25) is 4.79 Å². The fourth-order valence-electron chi connectivity index (χ4n) is 2.23. The summed E-state index contributed by atoms with van der Waals surface area (Å²) >= 11 is 0. The molecule has 0 bridgehead atoms. The number of hydrogen-bond acceptors (Lipinski definition) is 4. The number of amides is 1. The van der Waals surface area contributed by atoms with E-state index in [4.69, 9.17) is 4.74 Å². The van der Waals surface area contributed by atoms with Crippen LogP contribution in [0.25, 0.3) is 0 Å². The molecule has 5 nitrogen and oxygen atoms in total. The van der Waals surface area contributed by atoms with Gasteiger partial charge in [0.15, 0.2) is 0 Å². The van der Waals surface area contributed by atoms with Crippen molar-refractivity contribution in [2.75, 3.05) is 26.2 Å². The molecule has 1 aliphatic rings. The van der Waals surface area contributed by atoms with Crippen LogP contribution >= 0.6 is 12.4 Å². The Morgan fingerprint density at radius 2 is 2.29 bits per heavy atom. The average Bonchev–Trinajstić information content (AvgIpc) is 2.82. The molecular weight excluding hydrogens is 292 g/mol. The van der Waals surface area contributed by atoms with E-state index >= 15 is 0 Å². The molecule has 0 radical (unpaired) electrons. The van der Waals surface area contributed by atoms with Crippen molar-refractivity contribution in [1.29, 1.82) is 0 Å². The van der Waals surface area contributed by atoms with Gasteiger partial charge in [-0.25, -0.2) is 0 Å². The monoisotopic (exact) mass is 314 g/mol. The van der Waals surface area contributed by atoms with Crippen LogP contribution in [-0.4, -0.2) is 43.4 Å². The van der Waals surface area contributed by atoms with Crippen molar-refractivity contribution in [2.45, 2.75) is 19.4 Å². The van der Waals surface area contributed by atoms with E-state index in [9.17, 15) is 9.90 Å². The number of rotatable bonds is 6. The quantitative estimate of drug-likeness (QED) is 0.729. The Bertz CT molecular complexity index is 456. The summed E-state index contributed by atoms with van der Waals surface area (Å²) in [5.41, 5.74) is 1.13. The molecule has 0 aliphatic carbocycles. The summed E-state index contributed by atoms with van der Waals surface area (Å²) in [7, 11) is 0. The topological polar surface area (TPSA) is 70.6 Å². The second-order valence-electron chi connectivity index (χ2n) is 5.20. The molecule has 1 aromatic carbocycles. The lowest BCUT2D eigenvalue weighted by atomic mass is 10.1. The second-order valence-corrected chi connectivity index (χ2v) is 5.20. The predicted octanol–water partition coefficient (Wildman–Crippen LogP) is 0.882. The normalized spacial score (nSPS) is 20.7. The van der Waals surface area contributed by atoms with Crippen molar-refractivity contribution in [3.8, 4) is 5.75 Å². The number of carbonyl (C=O) groups excluding carboxylic acids is 1. The van der Waals surface area contributed by atoms with Crippen LogP contribution in [0.4, 0.5) is 0 Å². The van der Waals surface area contributed by atoms with Crippen LogP contribution in [0.3, 0.4) is 0 Å². The molecule has 21 heavy (non-hydrogen) atoms. The van der Waals surface area contributed by atoms with Crippen LogP contribution < -0.4 is 15.4 Å². The van der Waals surface area contributed by atoms with E-state index in [1.54, 1.807) is 0 Å². The molecule has 0 saturated carbocycles. The smallest absolute Gasteiger partial charge is 0.223 e. The second kappa shape index (κ2) is 8.87. The first kappa shape index (κ1) is 17.8. The first-order valence-electron chi connectivity index (χ1n) is 7.00. The molecule has 1 saturated heterocycles. The summed E-state index contributed by atoms with van der Waals surface area (Å²) < 4.78 is 5.53. The Kier molecular flexibility index (Phi) is 7.50. The standard InChI is InChI=1S/C15H22N2O3.ClH/c1-11-3-2-4-13(7-11)20-6-5-15(19)17-9-12-8-16-10-14(12)18;/h2-4,7,12,14,16,18H,5-6,8-10H2,1H3,(H,17,19);1H. The average molecular weight is 315 g/mol. The maximum atomic E-state index is 11.7. The number of halogens is 1. The number of ether oxygens (including phenoxy) is 1. The molecule has 0 aromatic heterocycles. The zero-order chi connectivity index (χ0) is 14.4. The van der Waals surface area contributed by atoms with Crippen LogP contribution in [0.5, 0.6) is 5.75 Å². The van der Waals surface area contributed by atoms with Crippen LogP contribution in [-0.2, 0) is 4.79 Å².